The molecule has 1 fully saturated rings. The van der Waals surface area contributed by atoms with Gasteiger partial charge in [0.15, 0.2) is 0 Å². The van der Waals surface area contributed by atoms with Crippen LogP contribution >= 0.6 is 0 Å². The van der Waals surface area contributed by atoms with Crippen LogP contribution < -0.4 is 5.32 Å². The topological polar surface area (TPSA) is 32.3 Å². The van der Waals surface area contributed by atoms with Crippen LogP contribution in [0.1, 0.15) is 46.0 Å². The van der Waals surface area contributed by atoms with Gasteiger partial charge in [-0.15, -0.1) is 0 Å². The van der Waals surface area contributed by atoms with Crippen LogP contribution in [-0.2, 0) is 0 Å². The summed E-state index contributed by atoms with van der Waals surface area (Å²) in [5.74, 6) is 0. The number of hydrogen-bond acceptors (Lipinski definition) is 2. The molecule has 0 unspecified atom stereocenters. The molecule has 0 amide bonds. The van der Waals surface area contributed by atoms with Crippen LogP contribution in [0.5, 0.6) is 0 Å². The van der Waals surface area contributed by atoms with Crippen molar-refractivity contribution in [3.05, 3.63) is 0 Å². The number of aliphatic hydroxyl groups is 1. The van der Waals surface area contributed by atoms with Gasteiger partial charge in [-0.05, 0) is 26.7 Å². The maximum absolute atomic E-state index is 9.46. The van der Waals surface area contributed by atoms with Crippen LogP contribution in [0, 0.1) is 0 Å². The van der Waals surface area contributed by atoms with Crippen LogP contribution in [0.3, 0.4) is 0 Å². The smallest absolute Gasteiger partial charge is 0.110 e. The van der Waals surface area contributed by atoms with E-state index in [2.05, 4.69) is 5.32 Å². The molecule has 1 aliphatic carbocycles. The quantitative estimate of drug-likeness (QED) is 0.597. The highest BCUT2D eigenvalue weighted by Crippen LogP contribution is 2.18. The minimum absolute atomic E-state index is 0.545. The normalized spacial score (nSPS) is 22.1. The number of nitrogens with one attached hydrogen (secondary N) is 1. The summed E-state index contributed by atoms with van der Waals surface area (Å²) in [5.41, 5.74) is -0.692. The van der Waals surface area contributed by atoms with E-state index in [-0.39, 0.29) is 0 Å². The van der Waals surface area contributed by atoms with Crippen LogP contribution in [-0.4, -0.2) is 16.9 Å². The van der Waals surface area contributed by atoms with E-state index in [4.69, 9.17) is 0 Å². The van der Waals surface area contributed by atoms with Gasteiger partial charge in [-0.1, -0.05) is 19.3 Å². The minimum Gasteiger partial charge on any atom is -0.376 e. The molecular formula is C9H19NO. The molecule has 2 N–H and O–H groups in total. The summed E-state index contributed by atoms with van der Waals surface area (Å²) < 4.78 is 0. The van der Waals surface area contributed by atoms with E-state index in [1.165, 1.54) is 32.1 Å². The van der Waals surface area contributed by atoms with Gasteiger partial charge in [0.05, 0.1) is 0 Å². The lowest BCUT2D eigenvalue weighted by Crippen LogP contribution is -2.46. The van der Waals surface area contributed by atoms with Gasteiger partial charge in [0, 0.05) is 6.04 Å². The van der Waals surface area contributed by atoms with Crippen molar-refractivity contribution < 1.29 is 5.11 Å². The fraction of sp³-hybridized carbons (Fsp3) is 1.00. The van der Waals surface area contributed by atoms with E-state index in [0.29, 0.717) is 6.04 Å². The van der Waals surface area contributed by atoms with E-state index < -0.39 is 5.72 Å². The largest absolute Gasteiger partial charge is 0.376 e. The molecule has 1 aliphatic rings. The van der Waals surface area contributed by atoms with E-state index >= 15 is 0 Å². The molecule has 0 aromatic heterocycles. The fourth-order valence-corrected chi connectivity index (χ4v) is 1.75. The predicted molar refractivity (Wildman–Crippen MR) is 46.3 cm³/mol. The number of rotatable bonds is 2. The lowest BCUT2D eigenvalue weighted by atomic mass is 9.95. The Kier molecular flexibility index (Phi) is 2.90. The summed E-state index contributed by atoms with van der Waals surface area (Å²) in [6, 6.07) is 0.545. The Balaban J connectivity index is 2.24. The van der Waals surface area contributed by atoms with Gasteiger partial charge in [-0.2, -0.15) is 0 Å². The average molecular weight is 157 g/mol. The first kappa shape index (κ1) is 9.01. The van der Waals surface area contributed by atoms with Gasteiger partial charge in [0.1, 0.15) is 5.72 Å². The SMILES string of the molecule is CC(C)(O)NC1CCCCC1. The summed E-state index contributed by atoms with van der Waals surface area (Å²) in [5, 5.41) is 12.7. The van der Waals surface area contributed by atoms with Crippen molar-refractivity contribution in [1.29, 1.82) is 0 Å². The highest BCUT2D eigenvalue weighted by atomic mass is 16.3. The maximum atomic E-state index is 9.46. The van der Waals surface area contributed by atoms with Crippen molar-refractivity contribution >= 4 is 0 Å². The molecular weight excluding hydrogens is 138 g/mol. The summed E-state index contributed by atoms with van der Waals surface area (Å²) >= 11 is 0. The van der Waals surface area contributed by atoms with E-state index in [0.717, 1.165) is 0 Å². The molecule has 0 aromatic rings. The van der Waals surface area contributed by atoms with Gasteiger partial charge in [-0.3, -0.25) is 5.32 Å². The molecule has 0 bridgehead atoms. The van der Waals surface area contributed by atoms with Gasteiger partial charge >= 0.3 is 0 Å². The second-order valence-corrected chi connectivity index (χ2v) is 4.04. The van der Waals surface area contributed by atoms with Crippen LogP contribution in [0.2, 0.25) is 0 Å². The minimum atomic E-state index is -0.692. The van der Waals surface area contributed by atoms with Crippen molar-refractivity contribution in [2.45, 2.75) is 57.7 Å². The summed E-state index contributed by atoms with van der Waals surface area (Å²) in [4.78, 5) is 0. The van der Waals surface area contributed by atoms with Gasteiger partial charge in [0.25, 0.3) is 0 Å². The third-order valence-electron chi connectivity index (χ3n) is 2.16. The Morgan fingerprint density at radius 2 is 1.73 bits per heavy atom. The molecule has 2 heteroatoms. The third-order valence-corrected chi connectivity index (χ3v) is 2.16. The monoisotopic (exact) mass is 157 g/mol. The molecule has 0 heterocycles. The zero-order valence-electron chi connectivity index (χ0n) is 7.56. The molecule has 2 nitrogen and oxygen atoms in total. The fourth-order valence-electron chi connectivity index (χ4n) is 1.75. The highest BCUT2D eigenvalue weighted by molar-refractivity contribution is 4.76. The Morgan fingerprint density at radius 3 is 2.18 bits per heavy atom. The Hall–Kier alpha value is -0.0800. The summed E-state index contributed by atoms with van der Waals surface area (Å²) in [7, 11) is 0. The Labute approximate surface area is 69.0 Å². The molecule has 11 heavy (non-hydrogen) atoms. The lowest BCUT2D eigenvalue weighted by molar-refractivity contribution is 0.0257. The van der Waals surface area contributed by atoms with Gasteiger partial charge in [0.2, 0.25) is 0 Å². The molecule has 0 atom stereocenters. The van der Waals surface area contributed by atoms with Crippen molar-refractivity contribution in [3.8, 4) is 0 Å². The van der Waals surface area contributed by atoms with E-state index in [1.807, 2.05) is 13.8 Å². The summed E-state index contributed by atoms with van der Waals surface area (Å²) in [6.45, 7) is 3.61. The van der Waals surface area contributed by atoms with Gasteiger partial charge in [-0.25, -0.2) is 0 Å². The first-order valence-corrected chi connectivity index (χ1v) is 4.58. The third kappa shape index (κ3) is 3.73. The van der Waals surface area contributed by atoms with E-state index in [1.54, 1.807) is 0 Å². The standard InChI is InChI=1S/C9H19NO/c1-9(2,11)10-8-6-4-3-5-7-8/h8,10-11H,3-7H2,1-2H3. The second-order valence-electron chi connectivity index (χ2n) is 4.04. The number of hydrogen-bond donors (Lipinski definition) is 2. The zero-order valence-corrected chi connectivity index (χ0v) is 7.56. The van der Waals surface area contributed by atoms with Crippen molar-refractivity contribution in [3.63, 3.8) is 0 Å². The molecule has 1 rings (SSSR count). The second kappa shape index (κ2) is 3.55. The molecule has 0 aromatic carbocycles. The Morgan fingerprint density at radius 1 is 1.18 bits per heavy atom. The predicted octanol–water partition coefficient (Wildman–Crippen LogP) is 1.64. The van der Waals surface area contributed by atoms with Crippen molar-refractivity contribution in [1.82, 2.24) is 5.32 Å². The molecule has 0 saturated heterocycles. The maximum Gasteiger partial charge on any atom is 0.110 e. The average Bonchev–Trinajstić information content (AvgIpc) is 1.85. The molecule has 0 spiro atoms. The molecule has 0 aliphatic heterocycles. The Bertz CT molecular complexity index is 111. The van der Waals surface area contributed by atoms with E-state index in [9.17, 15) is 5.11 Å². The zero-order chi connectivity index (χ0) is 8.32. The molecule has 66 valence electrons. The first-order chi connectivity index (χ1) is 5.08. The summed E-state index contributed by atoms with van der Waals surface area (Å²) in [6.07, 6.45) is 6.44. The lowest BCUT2D eigenvalue weighted by Gasteiger charge is -2.29. The first-order valence-electron chi connectivity index (χ1n) is 4.58. The molecule has 0 radical (unpaired) electrons. The van der Waals surface area contributed by atoms with Crippen molar-refractivity contribution in [2.75, 3.05) is 0 Å². The van der Waals surface area contributed by atoms with Crippen molar-refractivity contribution in [2.24, 2.45) is 0 Å². The van der Waals surface area contributed by atoms with Crippen LogP contribution in [0.25, 0.3) is 0 Å². The molecule has 1 saturated carbocycles. The van der Waals surface area contributed by atoms with Crippen LogP contribution in [0.4, 0.5) is 0 Å². The van der Waals surface area contributed by atoms with Crippen LogP contribution in [0.15, 0.2) is 0 Å². The highest BCUT2D eigenvalue weighted by Gasteiger charge is 2.20. The van der Waals surface area contributed by atoms with Gasteiger partial charge < -0.3 is 5.11 Å².